The van der Waals surface area contributed by atoms with Crippen LogP contribution in [0.4, 0.5) is 11.4 Å². The number of hydrogen-bond acceptors (Lipinski definition) is 3. The second-order valence-electron chi connectivity index (χ2n) is 6.20. The molecule has 0 radical (unpaired) electrons. The summed E-state index contributed by atoms with van der Waals surface area (Å²) in [5.41, 5.74) is 7.98. The molecule has 0 spiro atoms. The van der Waals surface area contributed by atoms with Crippen molar-refractivity contribution in [1.82, 2.24) is 5.32 Å². The van der Waals surface area contributed by atoms with Gasteiger partial charge in [-0.1, -0.05) is 27.7 Å². The molecule has 0 fully saturated rings. The van der Waals surface area contributed by atoms with Gasteiger partial charge in [0, 0.05) is 24.5 Å². The van der Waals surface area contributed by atoms with Crippen LogP contribution < -0.4 is 16.4 Å². The van der Waals surface area contributed by atoms with Crippen LogP contribution in [0.2, 0.25) is 0 Å². The van der Waals surface area contributed by atoms with Crippen molar-refractivity contribution >= 4 is 17.3 Å². The molecule has 0 aliphatic heterocycles. The first-order chi connectivity index (χ1) is 9.86. The Balaban J connectivity index is 2.91. The van der Waals surface area contributed by atoms with E-state index >= 15 is 0 Å². The summed E-state index contributed by atoms with van der Waals surface area (Å²) in [5, 5.41) is 6.25. The van der Waals surface area contributed by atoms with Gasteiger partial charge in [-0.05, 0) is 42.9 Å². The third-order valence-corrected chi connectivity index (χ3v) is 3.87. The average molecular weight is 291 g/mol. The first kappa shape index (κ1) is 17.3. The van der Waals surface area contributed by atoms with Crippen LogP contribution in [0.5, 0.6) is 0 Å². The minimum atomic E-state index is -0.0642. The molecule has 0 atom stereocenters. The maximum Gasteiger partial charge on any atom is 0.253 e. The number of nitrogen functional groups attached to an aromatic ring is 1. The van der Waals surface area contributed by atoms with Gasteiger partial charge < -0.3 is 16.4 Å². The van der Waals surface area contributed by atoms with Gasteiger partial charge in [0.2, 0.25) is 0 Å². The van der Waals surface area contributed by atoms with Gasteiger partial charge >= 0.3 is 0 Å². The van der Waals surface area contributed by atoms with Gasteiger partial charge in [-0.2, -0.15) is 0 Å². The van der Waals surface area contributed by atoms with E-state index in [-0.39, 0.29) is 5.91 Å². The second kappa shape index (κ2) is 7.91. The predicted octanol–water partition coefficient (Wildman–Crippen LogP) is 3.36. The summed E-state index contributed by atoms with van der Waals surface area (Å²) in [7, 11) is 0. The molecular formula is C17H29N3O. The zero-order valence-corrected chi connectivity index (χ0v) is 13.9. The highest BCUT2D eigenvalue weighted by molar-refractivity contribution is 6.00. The molecule has 1 rings (SSSR count). The van der Waals surface area contributed by atoms with Gasteiger partial charge in [-0.25, -0.2) is 0 Å². The lowest BCUT2D eigenvalue weighted by molar-refractivity contribution is 0.0956. The molecule has 0 bridgehead atoms. The molecule has 0 aliphatic carbocycles. The number of amides is 1. The van der Waals surface area contributed by atoms with Gasteiger partial charge in [0.1, 0.15) is 0 Å². The van der Waals surface area contributed by atoms with E-state index in [9.17, 15) is 4.79 Å². The molecule has 0 unspecified atom stereocenters. The Morgan fingerprint density at radius 1 is 1.19 bits per heavy atom. The van der Waals surface area contributed by atoms with Crippen LogP contribution in [-0.2, 0) is 0 Å². The van der Waals surface area contributed by atoms with Crippen molar-refractivity contribution in [3.05, 3.63) is 23.8 Å². The normalized spacial score (nSPS) is 11.2. The zero-order chi connectivity index (χ0) is 16.0. The van der Waals surface area contributed by atoms with Crippen LogP contribution in [-0.4, -0.2) is 19.0 Å². The van der Waals surface area contributed by atoms with Crippen LogP contribution in [0.3, 0.4) is 0 Å². The molecular weight excluding hydrogens is 262 g/mol. The minimum Gasteiger partial charge on any atom is -0.399 e. The van der Waals surface area contributed by atoms with E-state index in [0.717, 1.165) is 12.2 Å². The molecule has 21 heavy (non-hydrogen) atoms. The Morgan fingerprint density at radius 3 is 2.33 bits per heavy atom. The molecule has 4 nitrogen and oxygen atoms in total. The highest BCUT2D eigenvalue weighted by atomic mass is 16.1. The fourth-order valence-corrected chi connectivity index (χ4v) is 2.63. The van der Waals surface area contributed by atoms with E-state index < -0.39 is 0 Å². The minimum absolute atomic E-state index is 0.0642. The third-order valence-electron chi connectivity index (χ3n) is 3.87. The molecule has 0 heterocycles. The summed E-state index contributed by atoms with van der Waals surface area (Å²) in [4.78, 5) is 12.1. The fraction of sp³-hybridized carbons (Fsp3) is 0.588. The van der Waals surface area contributed by atoms with Gasteiger partial charge in [0.05, 0.1) is 5.56 Å². The van der Waals surface area contributed by atoms with Crippen molar-refractivity contribution in [1.29, 1.82) is 0 Å². The lowest BCUT2D eigenvalue weighted by atomic mass is 9.85. The lowest BCUT2D eigenvalue weighted by Crippen LogP contribution is -2.27. The first-order valence-corrected chi connectivity index (χ1v) is 7.78. The first-order valence-electron chi connectivity index (χ1n) is 7.78. The Labute approximate surface area is 128 Å². The van der Waals surface area contributed by atoms with E-state index in [1.807, 2.05) is 13.0 Å². The highest BCUT2D eigenvalue weighted by Crippen LogP contribution is 2.24. The topological polar surface area (TPSA) is 67.2 Å². The van der Waals surface area contributed by atoms with Crippen LogP contribution >= 0.6 is 0 Å². The number of nitrogens with two attached hydrogens (primary N) is 1. The summed E-state index contributed by atoms with van der Waals surface area (Å²) in [5.74, 6) is 1.66. The van der Waals surface area contributed by atoms with Crippen molar-refractivity contribution in [2.24, 2.45) is 17.8 Å². The number of benzene rings is 1. The summed E-state index contributed by atoms with van der Waals surface area (Å²) < 4.78 is 0. The van der Waals surface area contributed by atoms with Crippen LogP contribution in [0, 0.1) is 17.8 Å². The Hall–Kier alpha value is -1.71. The van der Waals surface area contributed by atoms with Crippen molar-refractivity contribution in [3.63, 3.8) is 0 Å². The summed E-state index contributed by atoms with van der Waals surface area (Å²) in [6.45, 7) is 12.3. The smallest absolute Gasteiger partial charge is 0.253 e. The maximum atomic E-state index is 12.1. The molecule has 1 aromatic carbocycles. The van der Waals surface area contributed by atoms with Gasteiger partial charge in [-0.3, -0.25) is 4.79 Å². The Morgan fingerprint density at radius 2 is 1.81 bits per heavy atom. The van der Waals surface area contributed by atoms with Crippen molar-refractivity contribution in [3.8, 4) is 0 Å². The maximum absolute atomic E-state index is 12.1. The van der Waals surface area contributed by atoms with E-state index in [2.05, 4.69) is 38.3 Å². The molecule has 118 valence electrons. The van der Waals surface area contributed by atoms with Crippen LogP contribution in [0.25, 0.3) is 0 Å². The zero-order valence-electron chi connectivity index (χ0n) is 13.9. The number of nitrogens with one attached hydrogen (secondary N) is 2. The SMILES string of the molecule is CCNC(=O)c1ccc(N)cc1NCC(C(C)C)C(C)C. The van der Waals surface area contributed by atoms with Gasteiger partial charge in [0.25, 0.3) is 5.91 Å². The fourth-order valence-electron chi connectivity index (χ4n) is 2.63. The van der Waals surface area contributed by atoms with Crippen molar-refractivity contribution in [2.45, 2.75) is 34.6 Å². The highest BCUT2D eigenvalue weighted by Gasteiger charge is 2.18. The van der Waals surface area contributed by atoms with Crippen LogP contribution in [0.15, 0.2) is 18.2 Å². The predicted molar refractivity (Wildman–Crippen MR) is 90.5 cm³/mol. The van der Waals surface area contributed by atoms with Crippen molar-refractivity contribution in [2.75, 3.05) is 24.1 Å². The van der Waals surface area contributed by atoms with E-state index in [1.54, 1.807) is 12.1 Å². The van der Waals surface area contributed by atoms with E-state index in [1.165, 1.54) is 0 Å². The molecule has 0 aromatic heterocycles. The molecule has 0 aliphatic rings. The molecule has 1 amide bonds. The average Bonchev–Trinajstić information content (AvgIpc) is 2.38. The molecule has 0 saturated carbocycles. The lowest BCUT2D eigenvalue weighted by Gasteiger charge is -2.26. The van der Waals surface area contributed by atoms with E-state index in [4.69, 9.17) is 5.73 Å². The molecule has 4 N–H and O–H groups in total. The summed E-state index contributed by atoms with van der Waals surface area (Å²) in [6.07, 6.45) is 0. The monoisotopic (exact) mass is 291 g/mol. The summed E-state index contributed by atoms with van der Waals surface area (Å²) in [6, 6.07) is 5.38. The Bertz CT molecular complexity index is 461. The number of anilines is 2. The van der Waals surface area contributed by atoms with Crippen LogP contribution in [0.1, 0.15) is 45.0 Å². The quantitative estimate of drug-likeness (QED) is 0.675. The summed E-state index contributed by atoms with van der Waals surface area (Å²) >= 11 is 0. The molecule has 0 saturated heterocycles. The van der Waals surface area contributed by atoms with Crippen molar-refractivity contribution < 1.29 is 4.79 Å². The second-order valence-corrected chi connectivity index (χ2v) is 6.20. The van der Waals surface area contributed by atoms with Gasteiger partial charge in [0.15, 0.2) is 0 Å². The number of hydrogen-bond donors (Lipinski definition) is 3. The number of carbonyl (C=O) groups is 1. The Kier molecular flexibility index (Phi) is 6.53. The molecule has 1 aromatic rings. The number of carbonyl (C=O) groups excluding carboxylic acids is 1. The van der Waals surface area contributed by atoms with Gasteiger partial charge in [-0.15, -0.1) is 0 Å². The number of rotatable bonds is 7. The van der Waals surface area contributed by atoms with E-state index in [0.29, 0.717) is 35.5 Å². The molecule has 4 heteroatoms. The standard InChI is InChI=1S/C17H29N3O/c1-6-19-17(21)14-8-7-13(18)9-16(14)20-10-15(11(2)3)12(4)5/h7-9,11-12,15,20H,6,10,18H2,1-5H3,(H,19,21). The third kappa shape index (κ3) is 4.96. The largest absolute Gasteiger partial charge is 0.399 e.